The molecule has 2 rings (SSSR count). The molecule has 0 N–H and O–H groups in total. The van der Waals surface area contributed by atoms with E-state index < -0.39 is 0 Å². The van der Waals surface area contributed by atoms with Crippen molar-refractivity contribution in [1.29, 1.82) is 0 Å². The van der Waals surface area contributed by atoms with Gasteiger partial charge in [0.15, 0.2) is 6.10 Å². The Labute approximate surface area is 130 Å². The van der Waals surface area contributed by atoms with E-state index in [0.29, 0.717) is 19.5 Å². The highest BCUT2D eigenvalue weighted by Crippen LogP contribution is 2.19. The second kappa shape index (κ2) is 7.38. The van der Waals surface area contributed by atoms with Crippen molar-refractivity contribution in [1.82, 2.24) is 4.90 Å². The van der Waals surface area contributed by atoms with E-state index in [1.54, 1.807) is 6.07 Å². The minimum Gasteiger partial charge on any atom is -0.390 e. The summed E-state index contributed by atoms with van der Waals surface area (Å²) in [4.78, 5) is 19.5. The number of amides is 1. The normalized spacial score (nSPS) is 17.3. The Morgan fingerprint density at radius 2 is 2.27 bits per heavy atom. The van der Waals surface area contributed by atoms with Gasteiger partial charge in [-0.05, 0) is 18.6 Å². The standard InChI is InChI=1S/C17H23FN2O2/c1-4-8-20(17(21)12(2)3)11-15-10-16(19-22-15)13-6-5-7-14(18)9-13/h5-7,9,12,15H,4,8,10-11H2,1-3H3. The third kappa shape index (κ3) is 4.06. The third-order valence-corrected chi connectivity index (χ3v) is 3.61. The minimum absolute atomic E-state index is 0.0310. The summed E-state index contributed by atoms with van der Waals surface area (Å²) in [6.07, 6.45) is 1.34. The van der Waals surface area contributed by atoms with Crippen LogP contribution in [-0.2, 0) is 9.63 Å². The molecule has 22 heavy (non-hydrogen) atoms. The van der Waals surface area contributed by atoms with Gasteiger partial charge in [0, 0.05) is 24.4 Å². The molecule has 120 valence electrons. The number of nitrogens with zero attached hydrogens (tertiary/aromatic N) is 2. The average molecular weight is 306 g/mol. The van der Waals surface area contributed by atoms with Crippen molar-refractivity contribution in [2.75, 3.05) is 13.1 Å². The maximum absolute atomic E-state index is 13.3. The molecule has 1 aromatic rings. The van der Waals surface area contributed by atoms with Gasteiger partial charge in [0.1, 0.15) is 5.82 Å². The first-order valence-electron chi connectivity index (χ1n) is 7.78. The lowest BCUT2D eigenvalue weighted by molar-refractivity contribution is -0.136. The van der Waals surface area contributed by atoms with Crippen molar-refractivity contribution in [3.63, 3.8) is 0 Å². The molecule has 0 saturated heterocycles. The van der Waals surface area contributed by atoms with E-state index in [1.807, 2.05) is 31.7 Å². The monoisotopic (exact) mass is 306 g/mol. The van der Waals surface area contributed by atoms with Crippen molar-refractivity contribution in [2.24, 2.45) is 11.1 Å². The first-order chi connectivity index (χ1) is 10.5. The second-order valence-corrected chi connectivity index (χ2v) is 5.92. The van der Waals surface area contributed by atoms with Gasteiger partial charge in [0.25, 0.3) is 0 Å². The number of hydrogen-bond acceptors (Lipinski definition) is 3. The molecule has 0 spiro atoms. The van der Waals surface area contributed by atoms with Crippen molar-refractivity contribution in [3.8, 4) is 0 Å². The maximum atomic E-state index is 13.3. The number of rotatable bonds is 6. The highest BCUT2D eigenvalue weighted by molar-refractivity contribution is 6.01. The number of benzene rings is 1. The van der Waals surface area contributed by atoms with E-state index in [-0.39, 0.29) is 23.7 Å². The van der Waals surface area contributed by atoms with Crippen LogP contribution in [0, 0.1) is 11.7 Å². The van der Waals surface area contributed by atoms with Crippen LogP contribution in [0.25, 0.3) is 0 Å². The molecular formula is C17H23FN2O2. The van der Waals surface area contributed by atoms with E-state index >= 15 is 0 Å². The zero-order chi connectivity index (χ0) is 16.1. The zero-order valence-electron chi connectivity index (χ0n) is 13.4. The third-order valence-electron chi connectivity index (χ3n) is 3.61. The van der Waals surface area contributed by atoms with E-state index in [9.17, 15) is 9.18 Å². The van der Waals surface area contributed by atoms with Crippen LogP contribution in [-0.4, -0.2) is 35.7 Å². The van der Waals surface area contributed by atoms with Gasteiger partial charge in [-0.3, -0.25) is 4.79 Å². The van der Waals surface area contributed by atoms with Crippen LogP contribution in [0.1, 0.15) is 39.2 Å². The van der Waals surface area contributed by atoms with Gasteiger partial charge in [0.05, 0.1) is 12.3 Å². The molecule has 1 amide bonds. The second-order valence-electron chi connectivity index (χ2n) is 5.92. The Bertz CT molecular complexity index is 557. The molecule has 0 radical (unpaired) electrons. The van der Waals surface area contributed by atoms with Gasteiger partial charge in [-0.2, -0.15) is 0 Å². The van der Waals surface area contributed by atoms with Crippen LogP contribution >= 0.6 is 0 Å². The van der Waals surface area contributed by atoms with Crippen LogP contribution in [0.3, 0.4) is 0 Å². The zero-order valence-corrected chi connectivity index (χ0v) is 13.4. The number of carbonyl (C=O) groups excluding carboxylic acids is 1. The van der Waals surface area contributed by atoms with Crippen molar-refractivity contribution >= 4 is 11.6 Å². The van der Waals surface area contributed by atoms with Crippen molar-refractivity contribution < 1.29 is 14.0 Å². The average Bonchev–Trinajstić information content (AvgIpc) is 2.94. The van der Waals surface area contributed by atoms with E-state index in [1.165, 1.54) is 12.1 Å². The van der Waals surface area contributed by atoms with Gasteiger partial charge >= 0.3 is 0 Å². The lowest BCUT2D eigenvalue weighted by Gasteiger charge is -2.26. The van der Waals surface area contributed by atoms with Gasteiger partial charge in [-0.25, -0.2) is 4.39 Å². The van der Waals surface area contributed by atoms with Crippen molar-refractivity contribution in [3.05, 3.63) is 35.6 Å². The SMILES string of the molecule is CCCN(CC1CC(c2cccc(F)c2)=NO1)C(=O)C(C)C. The number of hydrogen-bond donors (Lipinski definition) is 0. The highest BCUT2D eigenvalue weighted by Gasteiger charge is 2.27. The predicted molar refractivity (Wildman–Crippen MR) is 84.1 cm³/mol. The topological polar surface area (TPSA) is 41.9 Å². The first kappa shape index (κ1) is 16.5. The molecule has 1 heterocycles. The molecule has 0 saturated carbocycles. The van der Waals surface area contributed by atoms with Gasteiger partial charge in [0.2, 0.25) is 5.91 Å². The Balaban J connectivity index is 1.97. The van der Waals surface area contributed by atoms with Crippen LogP contribution in [0.15, 0.2) is 29.4 Å². The Hall–Kier alpha value is -1.91. The van der Waals surface area contributed by atoms with E-state index in [0.717, 1.165) is 17.7 Å². The molecule has 0 bridgehead atoms. The molecule has 5 heteroatoms. The molecular weight excluding hydrogens is 283 g/mol. The summed E-state index contributed by atoms with van der Waals surface area (Å²) < 4.78 is 13.3. The summed E-state index contributed by atoms with van der Waals surface area (Å²) in [7, 11) is 0. The number of carbonyl (C=O) groups is 1. The Kier molecular flexibility index (Phi) is 5.52. The Morgan fingerprint density at radius 3 is 2.91 bits per heavy atom. The molecule has 1 aliphatic heterocycles. The minimum atomic E-state index is -0.286. The molecule has 1 atom stereocenters. The smallest absolute Gasteiger partial charge is 0.225 e. The van der Waals surface area contributed by atoms with E-state index in [2.05, 4.69) is 5.16 Å². The molecule has 0 aromatic heterocycles. The van der Waals surface area contributed by atoms with Crippen LogP contribution in [0.2, 0.25) is 0 Å². The summed E-state index contributed by atoms with van der Waals surface area (Å²) in [5, 5.41) is 4.06. The van der Waals surface area contributed by atoms with Crippen LogP contribution < -0.4 is 0 Å². The fourth-order valence-corrected chi connectivity index (χ4v) is 2.54. The van der Waals surface area contributed by atoms with Crippen molar-refractivity contribution in [2.45, 2.75) is 39.7 Å². The predicted octanol–water partition coefficient (Wildman–Crippen LogP) is 3.21. The summed E-state index contributed by atoms with van der Waals surface area (Å²) >= 11 is 0. The largest absolute Gasteiger partial charge is 0.390 e. The molecule has 1 aromatic carbocycles. The molecule has 0 fully saturated rings. The molecule has 1 unspecified atom stereocenters. The summed E-state index contributed by atoms with van der Waals surface area (Å²) in [6, 6.07) is 6.33. The van der Waals surface area contributed by atoms with E-state index in [4.69, 9.17) is 4.84 Å². The first-order valence-corrected chi connectivity index (χ1v) is 7.78. The highest BCUT2D eigenvalue weighted by atomic mass is 19.1. The molecule has 1 aliphatic rings. The van der Waals surface area contributed by atoms with Gasteiger partial charge in [-0.15, -0.1) is 0 Å². The molecule has 0 aliphatic carbocycles. The van der Waals surface area contributed by atoms with Gasteiger partial charge in [-0.1, -0.05) is 38.1 Å². The quantitative estimate of drug-likeness (QED) is 0.810. The van der Waals surface area contributed by atoms with Gasteiger partial charge < -0.3 is 9.74 Å². The Morgan fingerprint density at radius 1 is 1.50 bits per heavy atom. The fourth-order valence-electron chi connectivity index (χ4n) is 2.54. The van der Waals surface area contributed by atoms with Crippen LogP contribution in [0.4, 0.5) is 4.39 Å². The number of oxime groups is 1. The maximum Gasteiger partial charge on any atom is 0.225 e. The summed E-state index contributed by atoms with van der Waals surface area (Å²) in [6.45, 7) is 7.08. The van der Waals surface area contributed by atoms with Crippen LogP contribution in [0.5, 0.6) is 0 Å². The summed E-state index contributed by atoms with van der Waals surface area (Å²) in [5.74, 6) is -0.188. The fraction of sp³-hybridized carbons (Fsp3) is 0.529. The lowest BCUT2D eigenvalue weighted by atomic mass is 10.0. The summed E-state index contributed by atoms with van der Waals surface area (Å²) in [5.41, 5.74) is 1.47. The molecule has 4 nitrogen and oxygen atoms in total. The number of halogens is 1. The lowest BCUT2D eigenvalue weighted by Crippen LogP contribution is -2.40.